The molecule has 12 heavy (non-hydrogen) atoms. The quantitative estimate of drug-likeness (QED) is 0.471. The Bertz CT molecular complexity index is 214. The lowest BCUT2D eigenvalue weighted by Crippen LogP contribution is -2.37. The number of ether oxygens (including phenoxy) is 1. The van der Waals surface area contributed by atoms with E-state index in [-0.39, 0.29) is 12.1 Å². The minimum Gasteiger partial charge on any atom is -0.461 e. The van der Waals surface area contributed by atoms with Gasteiger partial charge in [0, 0.05) is 6.42 Å². The zero-order chi connectivity index (χ0) is 8.97. The van der Waals surface area contributed by atoms with Crippen LogP contribution in [0.3, 0.4) is 0 Å². The second kappa shape index (κ2) is 4.15. The van der Waals surface area contributed by atoms with Crippen molar-refractivity contribution < 1.29 is 9.53 Å². The Morgan fingerprint density at radius 2 is 2.42 bits per heavy atom. The van der Waals surface area contributed by atoms with Crippen LogP contribution in [0, 0.1) is 17.8 Å². The van der Waals surface area contributed by atoms with Crippen molar-refractivity contribution in [1.82, 2.24) is 0 Å². The summed E-state index contributed by atoms with van der Waals surface area (Å²) in [7, 11) is 0. The van der Waals surface area contributed by atoms with Gasteiger partial charge in [-0.25, -0.2) is 0 Å². The predicted molar refractivity (Wildman–Crippen MR) is 46.3 cm³/mol. The van der Waals surface area contributed by atoms with E-state index in [9.17, 15) is 4.79 Å². The summed E-state index contributed by atoms with van der Waals surface area (Å²) in [5.41, 5.74) is 0. The van der Waals surface area contributed by atoms with Crippen LogP contribution in [-0.4, -0.2) is 12.1 Å². The second-order valence-corrected chi connectivity index (χ2v) is 3.18. The van der Waals surface area contributed by atoms with E-state index in [2.05, 4.69) is 18.8 Å². The van der Waals surface area contributed by atoms with Crippen LogP contribution in [0.1, 0.15) is 33.1 Å². The molecule has 2 atom stereocenters. The lowest BCUT2D eigenvalue weighted by Gasteiger charge is -2.30. The third kappa shape index (κ3) is 2.27. The summed E-state index contributed by atoms with van der Waals surface area (Å²) in [6.07, 6.45) is 2.70. The number of hydrogen-bond acceptors (Lipinski definition) is 2. The third-order valence-corrected chi connectivity index (χ3v) is 2.19. The van der Waals surface area contributed by atoms with Crippen molar-refractivity contribution >= 4 is 5.97 Å². The van der Waals surface area contributed by atoms with Gasteiger partial charge >= 0.3 is 5.97 Å². The molecular formula is C10H14O2. The van der Waals surface area contributed by atoms with Crippen LogP contribution in [-0.2, 0) is 9.53 Å². The average Bonchev–Trinajstić information content (AvgIpc) is 1.99. The summed E-state index contributed by atoms with van der Waals surface area (Å²) >= 11 is 0. The van der Waals surface area contributed by atoms with Crippen molar-refractivity contribution in [1.29, 1.82) is 0 Å². The van der Waals surface area contributed by atoms with Gasteiger partial charge in [-0.1, -0.05) is 6.92 Å². The van der Waals surface area contributed by atoms with Crippen molar-refractivity contribution in [3.63, 3.8) is 0 Å². The van der Waals surface area contributed by atoms with E-state index in [4.69, 9.17) is 4.74 Å². The van der Waals surface area contributed by atoms with Crippen LogP contribution in [0.5, 0.6) is 0 Å². The van der Waals surface area contributed by atoms with E-state index in [1.54, 1.807) is 0 Å². The maximum absolute atomic E-state index is 10.5. The Labute approximate surface area is 73.3 Å². The third-order valence-electron chi connectivity index (χ3n) is 2.19. The topological polar surface area (TPSA) is 26.3 Å². The molecular weight excluding hydrogens is 152 g/mol. The average molecular weight is 166 g/mol. The van der Waals surface area contributed by atoms with Crippen molar-refractivity contribution in [2.24, 2.45) is 5.92 Å². The van der Waals surface area contributed by atoms with Gasteiger partial charge in [-0.15, -0.1) is 11.8 Å². The molecule has 2 nitrogen and oxygen atoms in total. The number of rotatable bonds is 3. The lowest BCUT2D eigenvalue weighted by molar-refractivity contribution is -0.174. The number of cyclic esters (lactones) is 1. The molecule has 0 aromatic rings. The maximum atomic E-state index is 10.5. The second-order valence-electron chi connectivity index (χ2n) is 3.18. The number of hydrogen-bond donors (Lipinski definition) is 0. The SMILES string of the molecule is CC#CCC[C@@H](C)[C@H]1CC(=O)O1. The van der Waals surface area contributed by atoms with Crippen LogP contribution in [0.25, 0.3) is 0 Å². The van der Waals surface area contributed by atoms with Crippen LogP contribution in [0.15, 0.2) is 0 Å². The van der Waals surface area contributed by atoms with Crippen molar-refractivity contribution in [2.45, 2.75) is 39.2 Å². The van der Waals surface area contributed by atoms with Gasteiger partial charge in [-0.3, -0.25) is 4.79 Å². The molecule has 0 unspecified atom stereocenters. The fourth-order valence-corrected chi connectivity index (χ4v) is 1.25. The van der Waals surface area contributed by atoms with Gasteiger partial charge in [0.25, 0.3) is 0 Å². The van der Waals surface area contributed by atoms with Gasteiger partial charge < -0.3 is 4.74 Å². The van der Waals surface area contributed by atoms with Crippen molar-refractivity contribution in [3.8, 4) is 11.8 Å². The van der Waals surface area contributed by atoms with E-state index in [0.717, 1.165) is 12.8 Å². The molecule has 66 valence electrons. The zero-order valence-corrected chi connectivity index (χ0v) is 7.59. The molecule has 0 bridgehead atoms. The molecule has 0 aromatic heterocycles. The first-order chi connectivity index (χ1) is 5.74. The Morgan fingerprint density at radius 3 is 2.92 bits per heavy atom. The monoisotopic (exact) mass is 166 g/mol. The highest BCUT2D eigenvalue weighted by molar-refractivity contribution is 5.75. The predicted octanol–water partition coefficient (Wildman–Crippen LogP) is 1.74. The van der Waals surface area contributed by atoms with E-state index in [0.29, 0.717) is 12.3 Å². The van der Waals surface area contributed by atoms with Gasteiger partial charge in [0.1, 0.15) is 6.10 Å². The normalized spacial score (nSPS) is 23.2. The summed E-state index contributed by atoms with van der Waals surface area (Å²) in [6.45, 7) is 3.95. The summed E-state index contributed by atoms with van der Waals surface area (Å²) in [5.74, 6) is 6.25. The molecule has 0 N–H and O–H groups in total. The van der Waals surface area contributed by atoms with Crippen LogP contribution in [0.4, 0.5) is 0 Å². The summed E-state index contributed by atoms with van der Waals surface area (Å²) in [4.78, 5) is 10.5. The molecule has 0 saturated carbocycles. The highest BCUT2D eigenvalue weighted by Gasteiger charge is 2.32. The van der Waals surface area contributed by atoms with E-state index < -0.39 is 0 Å². The summed E-state index contributed by atoms with van der Waals surface area (Å²) in [6, 6.07) is 0. The molecule has 1 rings (SSSR count). The van der Waals surface area contributed by atoms with Gasteiger partial charge in [0.05, 0.1) is 6.42 Å². The Morgan fingerprint density at radius 1 is 1.75 bits per heavy atom. The Balaban J connectivity index is 2.14. The summed E-state index contributed by atoms with van der Waals surface area (Å²) < 4.78 is 4.94. The van der Waals surface area contributed by atoms with E-state index in [1.807, 2.05) is 6.92 Å². The maximum Gasteiger partial charge on any atom is 0.309 e. The van der Waals surface area contributed by atoms with Gasteiger partial charge in [-0.05, 0) is 19.3 Å². The van der Waals surface area contributed by atoms with Crippen molar-refractivity contribution in [3.05, 3.63) is 0 Å². The molecule has 0 aromatic carbocycles. The minimum absolute atomic E-state index is 0.0616. The molecule has 1 aliphatic heterocycles. The highest BCUT2D eigenvalue weighted by Crippen LogP contribution is 2.24. The molecule has 1 aliphatic rings. The highest BCUT2D eigenvalue weighted by atomic mass is 16.6. The smallest absolute Gasteiger partial charge is 0.309 e. The molecule has 0 aliphatic carbocycles. The number of carbonyl (C=O) groups excluding carboxylic acids is 1. The molecule has 2 heteroatoms. The zero-order valence-electron chi connectivity index (χ0n) is 7.59. The fraction of sp³-hybridized carbons (Fsp3) is 0.700. The van der Waals surface area contributed by atoms with Gasteiger partial charge in [0.2, 0.25) is 0 Å². The molecule has 1 heterocycles. The molecule has 1 saturated heterocycles. The molecule has 1 fully saturated rings. The van der Waals surface area contributed by atoms with E-state index in [1.165, 1.54) is 0 Å². The summed E-state index contributed by atoms with van der Waals surface area (Å²) in [5, 5.41) is 0. The van der Waals surface area contributed by atoms with Gasteiger partial charge in [0.15, 0.2) is 0 Å². The fourth-order valence-electron chi connectivity index (χ4n) is 1.25. The molecule has 0 amide bonds. The first-order valence-electron chi connectivity index (χ1n) is 4.33. The Kier molecular flexibility index (Phi) is 3.16. The standard InChI is InChI=1S/C10H14O2/c1-3-4-5-6-8(2)9-7-10(11)12-9/h8-9H,5-7H2,1-2H3/t8-,9-/m1/s1. The van der Waals surface area contributed by atoms with Crippen LogP contribution >= 0.6 is 0 Å². The van der Waals surface area contributed by atoms with Crippen LogP contribution in [0.2, 0.25) is 0 Å². The number of esters is 1. The minimum atomic E-state index is -0.0616. The number of carbonyl (C=O) groups is 1. The van der Waals surface area contributed by atoms with E-state index >= 15 is 0 Å². The Hall–Kier alpha value is -0.970. The van der Waals surface area contributed by atoms with Crippen molar-refractivity contribution in [2.75, 3.05) is 0 Å². The van der Waals surface area contributed by atoms with Gasteiger partial charge in [-0.2, -0.15) is 0 Å². The largest absolute Gasteiger partial charge is 0.461 e. The molecule has 0 radical (unpaired) electrons. The lowest BCUT2D eigenvalue weighted by atomic mass is 9.94. The first kappa shape index (κ1) is 9.12. The van der Waals surface area contributed by atoms with Crippen LogP contribution < -0.4 is 0 Å². The first-order valence-corrected chi connectivity index (χ1v) is 4.33. The molecule has 0 spiro atoms.